The van der Waals surface area contributed by atoms with E-state index in [2.05, 4.69) is 9.97 Å². The van der Waals surface area contributed by atoms with Crippen molar-refractivity contribution < 1.29 is 55.9 Å². The SMILES string of the molecule is CP(=O)(O)c1ccccn1.FC(F)(F)c1[c-]c(-c2ccccn2)cc(C(F)(F)F)c1.[Ir]. The number of aromatic nitrogens is 2. The maximum Gasteiger partial charge on any atom is 0.399 e. The summed E-state index contributed by atoms with van der Waals surface area (Å²) in [7, 11) is -3.13. The monoisotopic (exact) mass is 640 g/mol. The van der Waals surface area contributed by atoms with Crippen LogP contribution in [0.15, 0.2) is 60.9 Å². The molecule has 2 aromatic heterocycles. The van der Waals surface area contributed by atoms with Gasteiger partial charge in [0.15, 0.2) is 0 Å². The molecule has 1 atom stereocenters. The molecule has 1 aromatic carbocycles. The normalized spacial score (nSPS) is 13.3. The fraction of sp³-hybridized carbons (Fsp3) is 0.158. The van der Waals surface area contributed by atoms with Crippen LogP contribution in [0.2, 0.25) is 0 Å². The molecule has 1 N–H and O–H groups in total. The fourth-order valence-corrected chi connectivity index (χ4v) is 2.79. The van der Waals surface area contributed by atoms with E-state index in [-0.39, 0.29) is 42.9 Å². The molecule has 0 spiro atoms. The number of rotatable bonds is 2. The van der Waals surface area contributed by atoms with Gasteiger partial charge in [-0.05, 0) is 35.0 Å². The van der Waals surface area contributed by atoms with Gasteiger partial charge in [-0.2, -0.15) is 26.3 Å². The summed E-state index contributed by atoms with van der Waals surface area (Å²) in [5.74, 6) is 0. The van der Waals surface area contributed by atoms with Crippen LogP contribution < -0.4 is 5.44 Å². The largest absolute Gasteiger partial charge is 0.399 e. The van der Waals surface area contributed by atoms with Crippen LogP contribution in [0.1, 0.15) is 11.1 Å². The molecular weight excluding hydrogens is 625 g/mol. The molecule has 0 aliphatic heterocycles. The minimum Gasteiger partial charge on any atom is -0.340 e. The molecule has 31 heavy (non-hydrogen) atoms. The van der Waals surface area contributed by atoms with Crippen LogP contribution in [0.4, 0.5) is 26.3 Å². The van der Waals surface area contributed by atoms with Gasteiger partial charge in [-0.1, -0.05) is 18.2 Å². The molecule has 0 bridgehead atoms. The van der Waals surface area contributed by atoms with E-state index in [1.807, 2.05) is 6.07 Å². The van der Waals surface area contributed by atoms with E-state index < -0.39 is 30.8 Å². The maximum absolute atomic E-state index is 12.7. The summed E-state index contributed by atoms with van der Waals surface area (Å²) in [5.41, 5.74) is -2.97. The number of nitrogens with zero attached hydrogens (tertiary/aromatic N) is 2. The molecule has 1 radical (unpaired) electrons. The smallest absolute Gasteiger partial charge is 0.340 e. The summed E-state index contributed by atoms with van der Waals surface area (Å²) >= 11 is 0. The molecular formula is C19H14F6IrN2O2P-. The number of hydrogen-bond donors (Lipinski definition) is 1. The minimum atomic E-state index is -4.91. The minimum absolute atomic E-state index is 0. The van der Waals surface area contributed by atoms with Crippen molar-refractivity contribution in [2.24, 2.45) is 0 Å². The predicted octanol–water partition coefficient (Wildman–Crippen LogP) is 5.19. The van der Waals surface area contributed by atoms with Gasteiger partial charge in [0.1, 0.15) is 5.44 Å². The molecule has 1 unspecified atom stereocenters. The first-order valence-corrected chi connectivity index (χ1v) is 10.2. The van der Waals surface area contributed by atoms with Gasteiger partial charge in [-0.15, -0.1) is 23.8 Å². The summed E-state index contributed by atoms with van der Waals surface area (Å²) in [6, 6.07) is 11.8. The number of hydrogen-bond acceptors (Lipinski definition) is 3. The molecule has 0 saturated heterocycles. The van der Waals surface area contributed by atoms with E-state index in [0.29, 0.717) is 6.07 Å². The average molecular weight is 640 g/mol. The number of halogens is 6. The Kier molecular flexibility index (Phi) is 9.14. The van der Waals surface area contributed by atoms with E-state index in [0.717, 1.165) is 0 Å². The standard InChI is InChI=1S/C13H6F6N.C6H8NO2P.Ir/c14-12(15,16)9-5-8(11-3-1-2-4-20-11)6-10(7-9)13(17,18)19;1-10(8,9)6-4-2-3-5-7-6;/h1-5,7H;2-5H,1H3,(H,8,9);/q-1;;. The Morgan fingerprint density at radius 3 is 1.87 bits per heavy atom. The van der Waals surface area contributed by atoms with Crippen molar-refractivity contribution in [2.75, 3.05) is 6.66 Å². The van der Waals surface area contributed by atoms with Gasteiger partial charge in [0.05, 0.1) is 0 Å². The first kappa shape index (κ1) is 27.0. The molecule has 3 rings (SSSR count). The Bertz CT molecular complexity index is 993. The Balaban J connectivity index is 0.000000370. The van der Waals surface area contributed by atoms with Gasteiger partial charge in [-0.3, -0.25) is 9.55 Å². The zero-order chi connectivity index (χ0) is 22.6. The first-order chi connectivity index (χ1) is 13.8. The van der Waals surface area contributed by atoms with Crippen molar-refractivity contribution in [1.29, 1.82) is 0 Å². The molecule has 0 aliphatic carbocycles. The molecule has 0 amide bonds. The third-order valence-corrected chi connectivity index (χ3v) is 4.63. The van der Waals surface area contributed by atoms with E-state index in [1.54, 1.807) is 18.2 Å². The summed E-state index contributed by atoms with van der Waals surface area (Å²) in [6.07, 6.45) is -7.01. The predicted molar refractivity (Wildman–Crippen MR) is 98.1 cm³/mol. The van der Waals surface area contributed by atoms with Crippen LogP contribution in [0.5, 0.6) is 0 Å². The topological polar surface area (TPSA) is 63.1 Å². The third kappa shape index (κ3) is 8.18. The summed E-state index contributed by atoms with van der Waals surface area (Å²) in [5, 5.41) is 0. The second kappa shape index (κ2) is 10.5. The molecule has 4 nitrogen and oxygen atoms in total. The Morgan fingerprint density at radius 1 is 0.903 bits per heavy atom. The first-order valence-electron chi connectivity index (χ1n) is 8.13. The summed E-state index contributed by atoms with van der Waals surface area (Å²) in [6.45, 7) is 1.27. The van der Waals surface area contributed by atoms with Crippen molar-refractivity contribution in [1.82, 2.24) is 9.97 Å². The molecule has 0 fully saturated rings. The summed E-state index contributed by atoms with van der Waals surface area (Å²) < 4.78 is 86.8. The molecule has 0 saturated carbocycles. The third-order valence-electron chi connectivity index (χ3n) is 3.52. The Labute approximate surface area is 187 Å². The zero-order valence-electron chi connectivity index (χ0n) is 15.6. The number of alkyl halides is 6. The quantitative estimate of drug-likeness (QED) is 0.238. The van der Waals surface area contributed by atoms with Gasteiger partial charge in [0.2, 0.25) is 7.37 Å². The van der Waals surface area contributed by atoms with Crippen molar-refractivity contribution >= 4 is 12.8 Å². The van der Waals surface area contributed by atoms with Crippen LogP contribution in [0, 0.1) is 6.07 Å². The average Bonchev–Trinajstić information content (AvgIpc) is 2.67. The molecule has 12 heteroatoms. The molecule has 0 aliphatic rings. The Morgan fingerprint density at radius 2 is 1.48 bits per heavy atom. The van der Waals surface area contributed by atoms with Gasteiger partial charge in [-0.25, -0.2) is 0 Å². The van der Waals surface area contributed by atoms with Crippen molar-refractivity contribution in [2.45, 2.75) is 12.4 Å². The summed E-state index contributed by atoms with van der Waals surface area (Å²) in [4.78, 5) is 16.4. The molecule has 2 heterocycles. The van der Waals surface area contributed by atoms with Gasteiger partial charge >= 0.3 is 12.4 Å². The van der Waals surface area contributed by atoms with Gasteiger partial charge < -0.3 is 9.88 Å². The van der Waals surface area contributed by atoms with Crippen molar-refractivity contribution in [3.8, 4) is 11.3 Å². The second-order valence-corrected chi connectivity index (χ2v) is 8.19. The van der Waals surface area contributed by atoms with E-state index >= 15 is 0 Å². The van der Waals surface area contributed by atoms with Crippen LogP contribution in [0.25, 0.3) is 11.3 Å². The maximum atomic E-state index is 12.7. The second-order valence-electron chi connectivity index (χ2n) is 5.97. The van der Waals surface area contributed by atoms with Crippen molar-refractivity contribution in [3.05, 3.63) is 78.1 Å². The van der Waals surface area contributed by atoms with Crippen LogP contribution in [0.3, 0.4) is 0 Å². The molecule has 169 valence electrons. The molecule has 3 aromatic rings. The van der Waals surface area contributed by atoms with E-state index in [1.165, 1.54) is 37.3 Å². The number of pyridine rings is 2. The van der Waals surface area contributed by atoms with E-state index in [9.17, 15) is 30.9 Å². The zero-order valence-corrected chi connectivity index (χ0v) is 18.9. The van der Waals surface area contributed by atoms with Gasteiger partial charge in [0.25, 0.3) is 0 Å². The van der Waals surface area contributed by atoms with Gasteiger partial charge in [0, 0.05) is 39.2 Å². The van der Waals surface area contributed by atoms with Crippen LogP contribution >= 0.6 is 7.37 Å². The van der Waals surface area contributed by atoms with E-state index in [4.69, 9.17) is 4.89 Å². The fourth-order valence-electron chi connectivity index (χ4n) is 2.15. The van der Waals surface area contributed by atoms with Crippen molar-refractivity contribution in [3.63, 3.8) is 0 Å². The van der Waals surface area contributed by atoms with Crippen LogP contribution in [-0.4, -0.2) is 21.5 Å². The van der Waals surface area contributed by atoms with Crippen LogP contribution in [-0.2, 0) is 37.0 Å². The number of benzene rings is 1. The Hall–Kier alpha value is -2.06.